The van der Waals surface area contributed by atoms with Crippen molar-refractivity contribution in [1.82, 2.24) is 0 Å². The number of aryl methyl sites for hydroxylation is 1. The van der Waals surface area contributed by atoms with Gasteiger partial charge in [0, 0.05) is 11.6 Å². The Hall–Kier alpha value is -1.54. The molecule has 0 aromatic heterocycles. The summed E-state index contributed by atoms with van der Waals surface area (Å²) in [5.74, 6) is -0.701. The smallest absolute Gasteiger partial charge is 0.145 e. The quantitative estimate of drug-likeness (QED) is 0.844. The van der Waals surface area contributed by atoms with Crippen LogP contribution in [0, 0.1) is 5.82 Å². The first-order valence-corrected chi connectivity index (χ1v) is 6.27. The minimum absolute atomic E-state index is 0.0173. The molecule has 0 unspecified atom stereocenters. The van der Waals surface area contributed by atoms with Crippen LogP contribution in [0.15, 0.2) is 36.4 Å². The third kappa shape index (κ3) is 2.65. The number of phenols is 1. The topological polar surface area (TPSA) is 20.2 Å². The minimum Gasteiger partial charge on any atom is -0.507 e. The molecule has 0 aliphatic heterocycles. The SMILES string of the molecule is CCCc1cccc(-c2cc(Cl)c(F)cc2O)c1. The molecule has 0 aliphatic carbocycles. The average molecular weight is 265 g/mol. The molecule has 0 bridgehead atoms. The molecule has 94 valence electrons. The van der Waals surface area contributed by atoms with Gasteiger partial charge in [0.25, 0.3) is 0 Å². The summed E-state index contributed by atoms with van der Waals surface area (Å²) in [5.41, 5.74) is 2.59. The molecule has 0 spiro atoms. The highest BCUT2D eigenvalue weighted by Crippen LogP contribution is 2.33. The highest BCUT2D eigenvalue weighted by atomic mass is 35.5. The highest BCUT2D eigenvalue weighted by molar-refractivity contribution is 6.31. The van der Waals surface area contributed by atoms with E-state index in [0.717, 1.165) is 24.5 Å². The van der Waals surface area contributed by atoms with E-state index in [9.17, 15) is 9.50 Å². The second kappa shape index (κ2) is 5.40. The summed E-state index contributed by atoms with van der Waals surface area (Å²) in [7, 11) is 0. The van der Waals surface area contributed by atoms with Crippen LogP contribution in [0.2, 0.25) is 5.02 Å². The van der Waals surface area contributed by atoms with Crippen molar-refractivity contribution in [2.75, 3.05) is 0 Å². The first kappa shape index (κ1) is 12.9. The molecule has 0 radical (unpaired) electrons. The standard InChI is InChI=1S/C15H14ClFO/c1-2-4-10-5-3-6-11(7-10)12-8-13(16)14(17)9-15(12)18/h3,5-9,18H,2,4H2,1H3. The van der Waals surface area contributed by atoms with E-state index in [-0.39, 0.29) is 10.8 Å². The molecule has 1 nitrogen and oxygen atoms in total. The van der Waals surface area contributed by atoms with Gasteiger partial charge in [-0.15, -0.1) is 0 Å². The van der Waals surface area contributed by atoms with Gasteiger partial charge in [-0.3, -0.25) is 0 Å². The van der Waals surface area contributed by atoms with Crippen molar-refractivity contribution >= 4 is 11.6 Å². The predicted octanol–water partition coefficient (Wildman–Crippen LogP) is 4.80. The third-order valence-electron chi connectivity index (χ3n) is 2.82. The molecule has 0 fully saturated rings. The molecule has 0 amide bonds. The Morgan fingerprint density at radius 2 is 2.00 bits per heavy atom. The summed E-state index contributed by atoms with van der Waals surface area (Å²) in [6.45, 7) is 2.11. The summed E-state index contributed by atoms with van der Waals surface area (Å²) >= 11 is 5.75. The maximum Gasteiger partial charge on any atom is 0.145 e. The molecular weight excluding hydrogens is 251 g/mol. The van der Waals surface area contributed by atoms with Crippen molar-refractivity contribution in [2.45, 2.75) is 19.8 Å². The van der Waals surface area contributed by atoms with Crippen LogP contribution < -0.4 is 0 Å². The van der Waals surface area contributed by atoms with E-state index in [4.69, 9.17) is 11.6 Å². The van der Waals surface area contributed by atoms with Crippen LogP contribution >= 0.6 is 11.6 Å². The maximum atomic E-state index is 13.2. The molecule has 2 rings (SSSR count). The molecule has 0 saturated carbocycles. The molecule has 0 saturated heterocycles. The van der Waals surface area contributed by atoms with Crippen LogP contribution in [0.25, 0.3) is 11.1 Å². The van der Waals surface area contributed by atoms with Crippen molar-refractivity contribution in [3.05, 3.63) is 52.8 Å². The van der Waals surface area contributed by atoms with E-state index in [2.05, 4.69) is 6.92 Å². The third-order valence-corrected chi connectivity index (χ3v) is 3.10. The Bertz CT molecular complexity index is 566. The summed E-state index contributed by atoms with van der Waals surface area (Å²) in [4.78, 5) is 0. The van der Waals surface area contributed by atoms with Crippen LogP contribution in [0.1, 0.15) is 18.9 Å². The van der Waals surface area contributed by atoms with Gasteiger partial charge in [-0.25, -0.2) is 4.39 Å². The first-order chi connectivity index (χ1) is 8.61. The molecular formula is C15H14ClFO. The Morgan fingerprint density at radius 1 is 1.22 bits per heavy atom. The number of benzene rings is 2. The first-order valence-electron chi connectivity index (χ1n) is 5.89. The largest absolute Gasteiger partial charge is 0.507 e. The zero-order valence-electron chi connectivity index (χ0n) is 10.1. The van der Waals surface area contributed by atoms with Crippen molar-refractivity contribution < 1.29 is 9.50 Å². The molecule has 0 heterocycles. The molecule has 1 N–H and O–H groups in total. The lowest BCUT2D eigenvalue weighted by atomic mass is 10.0. The van der Waals surface area contributed by atoms with E-state index in [1.165, 1.54) is 11.6 Å². The van der Waals surface area contributed by atoms with Gasteiger partial charge in [-0.1, -0.05) is 49.2 Å². The lowest BCUT2D eigenvalue weighted by molar-refractivity contribution is 0.471. The number of aromatic hydroxyl groups is 1. The fourth-order valence-electron chi connectivity index (χ4n) is 1.95. The molecule has 18 heavy (non-hydrogen) atoms. The van der Waals surface area contributed by atoms with Gasteiger partial charge in [0.2, 0.25) is 0 Å². The Balaban J connectivity index is 2.48. The lowest BCUT2D eigenvalue weighted by Gasteiger charge is -2.08. The van der Waals surface area contributed by atoms with Crippen molar-refractivity contribution in [3.8, 4) is 16.9 Å². The summed E-state index contributed by atoms with van der Waals surface area (Å²) in [5, 5.41) is 9.81. The Labute approximate surface area is 111 Å². The molecule has 2 aromatic carbocycles. The fourth-order valence-corrected chi connectivity index (χ4v) is 2.11. The van der Waals surface area contributed by atoms with E-state index in [0.29, 0.717) is 5.56 Å². The van der Waals surface area contributed by atoms with Crippen LogP contribution in [-0.4, -0.2) is 5.11 Å². The summed E-state index contributed by atoms with van der Waals surface area (Å²) < 4.78 is 13.2. The molecule has 0 atom stereocenters. The highest BCUT2D eigenvalue weighted by Gasteiger charge is 2.10. The van der Waals surface area contributed by atoms with E-state index in [1.807, 2.05) is 24.3 Å². The number of halogens is 2. The number of hydrogen-bond donors (Lipinski definition) is 1. The molecule has 2 aromatic rings. The molecule has 0 aliphatic rings. The van der Waals surface area contributed by atoms with Crippen LogP contribution in [-0.2, 0) is 6.42 Å². The summed E-state index contributed by atoms with van der Waals surface area (Å²) in [6.07, 6.45) is 2.03. The van der Waals surface area contributed by atoms with Gasteiger partial charge in [0.05, 0.1) is 5.02 Å². The van der Waals surface area contributed by atoms with Crippen LogP contribution in [0.3, 0.4) is 0 Å². The van der Waals surface area contributed by atoms with E-state index < -0.39 is 5.82 Å². The van der Waals surface area contributed by atoms with Crippen LogP contribution in [0.4, 0.5) is 4.39 Å². The monoisotopic (exact) mass is 264 g/mol. The Morgan fingerprint density at radius 3 is 2.72 bits per heavy atom. The lowest BCUT2D eigenvalue weighted by Crippen LogP contribution is -1.87. The van der Waals surface area contributed by atoms with Gasteiger partial charge in [0.15, 0.2) is 0 Å². The van der Waals surface area contributed by atoms with Gasteiger partial charge < -0.3 is 5.11 Å². The number of phenolic OH excluding ortho intramolecular Hbond substituents is 1. The van der Waals surface area contributed by atoms with Gasteiger partial charge in [-0.2, -0.15) is 0 Å². The second-order valence-corrected chi connectivity index (χ2v) is 4.64. The zero-order chi connectivity index (χ0) is 13.1. The van der Waals surface area contributed by atoms with Crippen molar-refractivity contribution in [3.63, 3.8) is 0 Å². The predicted molar refractivity (Wildman–Crippen MR) is 72.5 cm³/mol. The van der Waals surface area contributed by atoms with E-state index >= 15 is 0 Å². The second-order valence-electron chi connectivity index (χ2n) is 4.23. The average Bonchev–Trinajstić information content (AvgIpc) is 2.34. The maximum absolute atomic E-state index is 13.2. The number of hydrogen-bond acceptors (Lipinski definition) is 1. The number of rotatable bonds is 3. The van der Waals surface area contributed by atoms with Crippen LogP contribution in [0.5, 0.6) is 5.75 Å². The zero-order valence-corrected chi connectivity index (χ0v) is 10.8. The van der Waals surface area contributed by atoms with Gasteiger partial charge in [0.1, 0.15) is 11.6 Å². The van der Waals surface area contributed by atoms with E-state index in [1.54, 1.807) is 0 Å². The van der Waals surface area contributed by atoms with Crippen molar-refractivity contribution in [2.24, 2.45) is 0 Å². The Kier molecular flexibility index (Phi) is 3.87. The molecule has 3 heteroatoms. The fraction of sp³-hybridized carbons (Fsp3) is 0.200. The summed E-state index contributed by atoms with van der Waals surface area (Å²) in [6, 6.07) is 10.3. The minimum atomic E-state index is -0.609. The normalized spacial score (nSPS) is 10.6. The van der Waals surface area contributed by atoms with Gasteiger partial charge >= 0.3 is 0 Å². The van der Waals surface area contributed by atoms with Gasteiger partial charge in [-0.05, 0) is 23.6 Å². The van der Waals surface area contributed by atoms with Crippen molar-refractivity contribution in [1.29, 1.82) is 0 Å².